The minimum absolute atomic E-state index is 0.0429. The van der Waals surface area contributed by atoms with Gasteiger partial charge in [-0.2, -0.15) is 0 Å². The smallest absolute Gasteiger partial charge is 0.238 e. The molecule has 4 rings (SSSR count). The summed E-state index contributed by atoms with van der Waals surface area (Å²) < 4.78 is 5.40. The first-order chi connectivity index (χ1) is 15.7. The maximum Gasteiger partial charge on any atom is 0.238 e. The van der Waals surface area contributed by atoms with Gasteiger partial charge in [-0.05, 0) is 41.3 Å². The van der Waals surface area contributed by atoms with E-state index in [0.717, 1.165) is 44.1 Å². The molecule has 5 heteroatoms. The van der Waals surface area contributed by atoms with Crippen molar-refractivity contribution in [1.82, 2.24) is 10.2 Å². The average molecular weight is 430 g/mol. The molecule has 0 aromatic heterocycles. The van der Waals surface area contributed by atoms with E-state index in [1.165, 1.54) is 16.7 Å². The van der Waals surface area contributed by atoms with Gasteiger partial charge in [0, 0.05) is 31.4 Å². The number of carbonyl (C=O) groups excluding carboxylic acids is 1. The Kier molecular flexibility index (Phi) is 7.67. The highest BCUT2D eigenvalue weighted by atomic mass is 16.5. The molecule has 0 aliphatic carbocycles. The summed E-state index contributed by atoms with van der Waals surface area (Å²) in [6.45, 7) is 6.80. The summed E-state index contributed by atoms with van der Waals surface area (Å²) >= 11 is 0. The maximum absolute atomic E-state index is 12.4. The summed E-state index contributed by atoms with van der Waals surface area (Å²) in [4.78, 5) is 14.8. The lowest BCUT2D eigenvalue weighted by Crippen LogP contribution is -2.35. The zero-order valence-electron chi connectivity index (χ0n) is 18.6. The van der Waals surface area contributed by atoms with Crippen molar-refractivity contribution in [3.63, 3.8) is 0 Å². The summed E-state index contributed by atoms with van der Waals surface area (Å²) in [7, 11) is 0. The molecule has 1 heterocycles. The van der Waals surface area contributed by atoms with Crippen LogP contribution in [-0.2, 0) is 16.1 Å². The first-order valence-electron chi connectivity index (χ1n) is 11.2. The van der Waals surface area contributed by atoms with E-state index in [-0.39, 0.29) is 18.5 Å². The van der Waals surface area contributed by atoms with Crippen molar-refractivity contribution in [1.29, 1.82) is 0 Å². The molecule has 166 valence electrons. The van der Waals surface area contributed by atoms with Crippen LogP contribution in [-0.4, -0.2) is 43.7 Å². The largest absolute Gasteiger partial charge is 0.379 e. The number of carbonyl (C=O) groups is 1. The van der Waals surface area contributed by atoms with Crippen molar-refractivity contribution in [3.05, 3.63) is 90.0 Å². The summed E-state index contributed by atoms with van der Waals surface area (Å²) in [6.07, 6.45) is 0. The fraction of sp³-hybridized carbons (Fsp3) is 0.296. The molecule has 3 aromatic carbocycles. The zero-order valence-corrected chi connectivity index (χ0v) is 18.6. The Balaban J connectivity index is 1.23. The fourth-order valence-corrected chi connectivity index (χ4v) is 3.87. The molecule has 1 amide bonds. The van der Waals surface area contributed by atoms with Crippen LogP contribution in [0.1, 0.15) is 24.1 Å². The maximum atomic E-state index is 12.4. The van der Waals surface area contributed by atoms with Crippen LogP contribution < -0.4 is 10.6 Å². The van der Waals surface area contributed by atoms with Gasteiger partial charge in [-0.1, -0.05) is 66.7 Å². The highest BCUT2D eigenvalue weighted by Gasteiger charge is 2.11. The van der Waals surface area contributed by atoms with Gasteiger partial charge in [-0.25, -0.2) is 0 Å². The molecule has 0 bridgehead atoms. The molecule has 0 radical (unpaired) electrons. The molecule has 3 aromatic rings. The Labute approximate surface area is 190 Å². The molecule has 32 heavy (non-hydrogen) atoms. The minimum Gasteiger partial charge on any atom is -0.379 e. The number of benzene rings is 3. The van der Waals surface area contributed by atoms with E-state index < -0.39 is 0 Å². The molecular formula is C27H31N3O2. The molecule has 1 atom stereocenters. The summed E-state index contributed by atoms with van der Waals surface area (Å²) in [5.74, 6) is -0.0429. The van der Waals surface area contributed by atoms with E-state index in [9.17, 15) is 4.79 Å². The van der Waals surface area contributed by atoms with Crippen LogP contribution in [0.5, 0.6) is 0 Å². The van der Waals surface area contributed by atoms with Crippen LogP contribution in [0.2, 0.25) is 0 Å². The van der Waals surface area contributed by atoms with E-state index in [1.807, 2.05) is 30.3 Å². The SMILES string of the molecule is C[C@@H](NCC(=O)Nc1ccc(CN2CCOCC2)cc1)c1ccc(-c2ccccc2)cc1. The fourth-order valence-electron chi connectivity index (χ4n) is 3.87. The molecule has 5 nitrogen and oxygen atoms in total. The summed E-state index contributed by atoms with van der Waals surface area (Å²) in [5, 5.41) is 6.29. The number of amides is 1. The second-order valence-electron chi connectivity index (χ2n) is 8.22. The molecule has 0 unspecified atom stereocenters. The lowest BCUT2D eigenvalue weighted by molar-refractivity contribution is -0.115. The van der Waals surface area contributed by atoms with Gasteiger partial charge in [0.1, 0.15) is 0 Å². The van der Waals surface area contributed by atoms with Gasteiger partial charge in [0.25, 0.3) is 0 Å². The van der Waals surface area contributed by atoms with Crippen LogP contribution in [0.4, 0.5) is 5.69 Å². The van der Waals surface area contributed by atoms with Gasteiger partial charge in [-0.15, -0.1) is 0 Å². The van der Waals surface area contributed by atoms with E-state index in [4.69, 9.17) is 4.74 Å². The molecule has 1 fully saturated rings. The third kappa shape index (κ3) is 6.26. The van der Waals surface area contributed by atoms with Gasteiger partial charge in [0.15, 0.2) is 0 Å². The average Bonchev–Trinajstić information content (AvgIpc) is 2.85. The van der Waals surface area contributed by atoms with E-state index >= 15 is 0 Å². The van der Waals surface area contributed by atoms with Crippen molar-refractivity contribution in [2.75, 3.05) is 38.2 Å². The Bertz CT molecular complexity index is 982. The van der Waals surface area contributed by atoms with Crippen molar-refractivity contribution in [3.8, 4) is 11.1 Å². The van der Waals surface area contributed by atoms with Gasteiger partial charge < -0.3 is 15.4 Å². The molecule has 1 saturated heterocycles. The third-order valence-corrected chi connectivity index (χ3v) is 5.83. The van der Waals surface area contributed by atoms with Crippen LogP contribution in [0.25, 0.3) is 11.1 Å². The predicted molar refractivity (Wildman–Crippen MR) is 129 cm³/mol. The highest BCUT2D eigenvalue weighted by molar-refractivity contribution is 5.92. The van der Waals surface area contributed by atoms with Crippen molar-refractivity contribution < 1.29 is 9.53 Å². The molecule has 2 N–H and O–H groups in total. The molecular weight excluding hydrogens is 398 g/mol. The van der Waals surface area contributed by atoms with Crippen molar-refractivity contribution in [2.24, 2.45) is 0 Å². The lowest BCUT2D eigenvalue weighted by atomic mass is 10.0. The first kappa shape index (κ1) is 22.2. The van der Waals surface area contributed by atoms with Gasteiger partial charge >= 0.3 is 0 Å². The number of hydrogen-bond acceptors (Lipinski definition) is 4. The minimum atomic E-state index is -0.0429. The standard InChI is InChI=1S/C27H31N3O2/c1-21(23-9-11-25(12-10-23)24-5-3-2-4-6-24)28-19-27(31)29-26-13-7-22(8-14-26)20-30-15-17-32-18-16-30/h2-14,21,28H,15-20H2,1H3,(H,29,31)/t21-/m1/s1. The predicted octanol–water partition coefficient (Wildman–Crippen LogP) is 4.48. The van der Waals surface area contributed by atoms with Crippen molar-refractivity contribution in [2.45, 2.75) is 19.5 Å². The van der Waals surface area contributed by atoms with E-state index in [2.05, 4.69) is 71.0 Å². The van der Waals surface area contributed by atoms with Gasteiger partial charge in [0.05, 0.1) is 19.8 Å². The Morgan fingerprint density at radius 3 is 2.25 bits per heavy atom. The second-order valence-corrected chi connectivity index (χ2v) is 8.22. The number of nitrogens with one attached hydrogen (secondary N) is 2. The Hall–Kier alpha value is -2.99. The number of morpholine rings is 1. The Morgan fingerprint density at radius 2 is 1.56 bits per heavy atom. The number of rotatable bonds is 8. The molecule has 0 saturated carbocycles. The summed E-state index contributed by atoms with van der Waals surface area (Å²) in [6, 6.07) is 27.0. The molecule has 1 aliphatic heterocycles. The van der Waals surface area contributed by atoms with Gasteiger partial charge in [-0.3, -0.25) is 9.69 Å². The highest BCUT2D eigenvalue weighted by Crippen LogP contribution is 2.21. The topological polar surface area (TPSA) is 53.6 Å². The lowest BCUT2D eigenvalue weighted by Gasteiger charge is -2.26. The quantitative estimate of drug-likeness (QED) is 0.555. The zero-order chi connectivity index (χ0) is 22.2. The van der Waals surface area contributed by atoms with Crippen LogP contribution in [0.15, 0.2) is 78.9 Å². The van der Waals surface area contributed by atoms with Crippen LogP contribution in [0.3, 0.4) is 0 Å². The number of anilines is 1. The number of nitrogens with zero attached hydrogens (tertiary/aromatic N) is 1. The molecule has 0 spiro atoms. The van der Waals surface area contributed by atoms with E-state index in [0.29, 0.717) is 0 Å². The normalized spacial score (nSPS) is 15.3. The number of ether oxygens (including phenoxy) is 1. The second kappa shape index (κ2) is 11.0. The summed E-state index contributed by atoms with van der Waals surface area (Å²) in [5.41, 5.74) is 5.62. The van der Waals surface area contributed by atoms with Crippen LogP contribution >= 0.6 is 0 Å². The monoisotopic (exact) mass is 429 g/mol. The third-order valence-electron chi connectivity index (χ3n) is 5.83. The van der Waals surface area contributed by atoms with Crippen molar-refractivity contribution >= 4 is 11.6 Å². The first-order valence-corrected chi connectivity index (χ1v) is 11.2. The van der Waals surface area contributed by atoms with Crippen LogP contribution in [0, 0.1) is 0 Å². The number of hydrogen-bond donors (Lipinski definition) is 2. The van der Waals surface area contributed by atoms with E-state index in [1.54, 1.807) is 0 Å². The Morgan fingerprint density at radius 1 is 0.906 bits per heavy atom. The molecule has 1 aliphatic rings. The van der Waals surface area contributed by atoms with Gasteiger partial charge in [0.2, 0.25) is 5.91 Å².